The number of anilines is 1. The molecule has 5 N–H and O–H groups in total. The van der Waals surface area contributed by atoms with Gasteiger partial charge < -0.3 is 25.5 Å². The maximum absolute atomic E-state index is 11.8. The van der Waals surface area contributed by atoms with E-state index in [0.717, 1.165) is 0 Å². The summed E-state index contributed by atoms with van der Waals surface area (Å²) in [6, 6.07) is 1.04. The molecular formula is C16H25N5O4. The molecule has 0 aliphatic carbocycles. The fourth-order valence-corrected chi connectivity index (χ4v) is 2.37. The molecular weight excluding hydrogens is 326 g/mol. The first-order valence-electron chi connectivity index (χ1n) is 8.13. The molecule has 0 amide bonds. The van der Waals surface area contributed by atoms with E-state index in [1.54, 1.807) is 19.4 Å². The lowest BCUT2D eigenvalue weighted by molar-refractivity contribution is -0.150. The Kier molecular flexibility index (Phi) is 6.16. The van der Waals surface area contributed by atoms with E-state index in [1.165, 1.54) is 0 Å². The van der Waals surface area contributed by atoms with Gasteiger partial charge in [-0.15, -0.1) is 0 Å². The molecule has 2 unspecified atom stereocenters. The summed E-state index contributed by atoms with van der Waals surface area (Å²) >= 11 is 0. The molecule has 25 heavy (non-hydrogen) atoms. The summed E-state index contributed by atoms with van der Waals surface area (Å²) in [6.45, 7) is 4.37. The monoisotopic (exact) mass is 351 g/mol. The van der Waals surface area contributed by atoms with Crippen molar-refractivity contribution in [2.24, 2.45) is 11.7 Å². The average Bonchev–Trinajstić information content (AvgIpc) is 2.97. The van der Waals surface area contributed by atoms with Gasteiger partial charge in [0.05, 0.1) is 11.5 Å². The molecule has 0 saturated carbocycles. The zero-order chi connectivity index (χ0) is 18.6. The zero-order valence-electron chi connectivity index (χ0n) is 14.7. The number of H-pyrrole nitrogens is 1. The van der Waals surface area contributed by atoms with Crippen molar-refractivity contribution in [1.82, 2.24) is 14.5 Å². The summed E-state index contributed by atoms with van der Waals surface area (Å²) in [5, 5.41) is 0.470. The van der Waals surface area contributed by atoms with Crippen molar-refractivity contribution in [2.45, 2.75) is 39.0 Å². The number of carbonyl (C=O) groups is 1. The van der Waals surface area contributed by atoms with Crippen LogP contribution in [0.15, 0.2) is 17.1 Å². The lowest BCUT2D eigenvalue weighted by atomic mass is 10.1. The highest BCUT2D eigenvalue weighted by Crippen LogP contribution is 2.12. The first-order chi connectivity index (χ1) is 11.8. The lowest BCUT2D eigenvalue weighted by Crippen LogP contribution is -2.38. The van der Waals surface area contributed by atoms with Crippen molar-refractivity contribution in [3.63, 3.8) is 0 Å². The zero-order valence-corrected chi connectivity index (χ0v) is 14.7. The van der Waals surface area contributed by atoms with E-state index < -0.39 is 12.0 Å². The quantitative estimate of drug-likeness (QED) is 0.579. The molecule has 0 saturated heterocycles. The Labute approximate surface area is 145 Å². The van der Waals surface area contributed by atoms with Crippen LogP contribution in [0.4, 0.5) is 5.95 Å². The first-order valence-corrected chi connectivity index (χ1v) is 8.13. The molecule has 0 fully saturated rings. The van der Waals surface area contributed by atoms with Crippen LogP contribution < -0.4 is 17.0 Å². The minimum absolute atomic E-state index is 0.00867. The molecule has 138 valence electrons. The van der Waals surface area contributed by atoms with Gasteiger partial charge in [-0.05, 0) is 18.4 Å². The predicted molar refractivity (Wildman–Crippen MR) is 94.0 cm³/mol. The third-order valence-corrected chi connectivity index (χ3v) is 4.07. The van der Waals surface area contributed by atoms with Crippen molar-refractivity contribution in [2.75, 3.05) is 19.5 Å². The summed E-state index contributed by atoms with van der Waals surface area (Å²) in [5.41, 5.74) is 11.6. The second-order valence-corrected chi connectivity index (χ2v) is 6.24. The fraction of sp³-hybridized carbons (Fsp3) is 0.562. The number of aryl methyl sites for hydroxylation is 1. The highest BCUT2D eigenvalue weighted by molar-refractivity contribution is 5.76. The largest absolute Gasteiger partial charge is 0.462 e. The number of hydrogen-bond acceptors (Lipinski definition) is 7. The summed E-state index contributed by atoms with van der Waals surface area (Å²) in [5.74, 6) is -0.365. The number of nitrogens with zero attached hydrogens (tertiary/aromatic N) is 2. The Bertz CT molecular complexity index is 782. The normalized spacial score (nSPS) is 14.0. The van der Waals surface area contributed by atoms with Crippen LogP contribution in [0.25, 0.3) is 11.0 Å². The van der Waals surface area contributed by atoms with Crippen LogP contribution in [0.1, 0.15) is 20.3 Å². The molecule has 2 heterocycles. The molecule has 2 aromatic rings. The van der Waals surface area contributed by atoms with Gasteiger partial charge in [0.25, 0.3) is 5.56 Å². The molecule has 0 spiro atoms. The van der Waals surface area contributed by atoms with Crippen molar-refractivity contribution in [3.05, 3.63) is 22.6 Å². The smallest absolute Gasteiger partial charge is 0.323 e. The van der Waals surface area contributed by atoms with E-state index in [0.29, 0.717) is 24.0 Å². The molecule has 0 aliphatic heterocycles. The standard InChI is InChI=1S/C16H25N5O4/c1-9(2)12(17)15(23)25-8-10(24-3)4-6-21-7-5-11-13(21)19-16(18)20-14(11)22/h5,7,9-10,12H,4,6,8,17H2,1-3H3,(H3,18,19,20,22). The van der Waals surface area contributed by atoms with E-state index >= 15 is 0 Å². The Balaban J connectivity index is 1.97. The van der Waals surface area contributed by atoms with Crippen molar-refractivity contribution >= 4 is 23.0 Å². The number of aromatic amines is 1. The number of ether oxygens (including phenoxy) is 2. The minimum atomic E-state index is -0.648. The van der Waals surface area contributed by atoms with Gasteiger partial charge in [0.2, 0.25) is 5.95 Å². The van der Waals surface area contributed by atoms with E-state index in [4.69, 9.17) is 20.9 Å². The van der Waals surface area contributed by atoms with E-state index in [2.05, 4.69) is 9.97 Å². The fourth-order valence-electron chi connectivity index (χ4n) is 2.37. The second-order valence-electron chi connectivity index (χ2n) is 6.24. The van der Waals surface area contributed by atoms with Gasteiger partial charge >= 0.3 is 5.97 Å². The maximum atomic E-state index is 11.8. The number of hydrogen-bond donors (Lipinski definition) is 3. The number of methoxy groups -OCH3 is 1. The highest BCUT2D eigenvalue weighted by Gasteiger charge is 2.20. The maximum Gasteiger partial charge on any atom is 0.323 e. The predicted octanol–water partition coefficient (Wildman–Crippen LogP) is 0.238. The highest BCUT2D eigenvalue weighted by atomic mass is 16.6. The molecule has 0 radical (unpaired) electrons. The van der Waals surface area contributed by atoms with Gasteiger partial charge in [0, 0.05) is 19.9 Å². The Hall–Kier alpha value is -2.39. The average molecular weight is 351 g/mol. The number of nitrogens with one attached hydrogen (secondary N) is 1. The van der Waals surface area contributed by atoms with Crippen LogP contribution in [-0.2, 0) is 20.8 Å². The van der Waals surface area contributed by atoms with Gasteiger partial charge in [0.1, 0.15) is 18.3 Å². The SMILES string of the molecule is COC(CCn1ccc2c(=O)[nH]c(N)nc21)COC(=O)C(N)C(C)C. The number of carbonyl (C=O) groups excluding carboxylic acids is 1. The number of rotatable bonds is 8. The van der Waals surface area contributed by atoms with Gasteiger partial charge in [-0.1, -0.05) is 13.8 Å². The topological polar surface area (TPSA) is 138 Å². The van der Waals surface area contributed by atoms with Gasteiger partial charge in [-0.2, -0.15) is 4.98 Å². The van der Waals surface area contributed by atoms with Crippen LogP contribution >= 0.6 is 0 Å². The van der Waals surface area contributed by atoms with Crippen LogP contribution in [0.5, 0.6) is 0 Å². The van der Waals surface area contributed by atoms with Gasteiger partial charge in [0.15, 0.2) is 0 Å². The van der Waals surface area contributed by atoms with Crippen molar-refractivity contribution in [3.8, 4) is 0 Å². The third-order valence-electron chi connectivity index (χ3n) is 4.07. The molecule has 9 heteroatoms. The summed E-state index contributed by atoms with van der Waals surface area (Å²) in [7, 11) is 1.55. The van der Waals surface area contributed by atoms with Crippen molar-refractivity contribution < 1.29 is 14.3 Å². The number of aromatic nitrogens is 3. The van der Waals surface area contributed by atoms with Gasteiger partial charge in [-0.25, -0.2) is 0 Å². The molecule has 2 rings (SSSR count). The van der Waals surface area contributed by atoms with Gasteiger partial charge in [-0.3, -0.25) is 14.6 Å². The molecule has 2 atom stereocenters. The van der Waals surface area contributed by atoms with Crippen LogP contribution in [0, 0.1) is 5.92 Å². The molecule has 0 aromatic carbocycles. The van der Waals surface area contributed by atoms with Crippen molar-refractivity contribution in [1.29, 1.82) is 0 Å². The first kappa shape index (κ1) is 18.9. The number of nitrogen functional groups attached to an aromatic ring is 1. The minimum Gasteiger partial charge on any atom is -0.462 e. The number of esters is 1. The Morgan fingerprint density at radius 2 is 2.16 bits per heavy atom. The lowest BCUT2D eigenvalue weighted by Gasteiger charge is -2.19. The number of nitrogens with two attached hydrogens (primary N) is 2. The Morgan fingerprint density at radius 1 is 1.44 bits per heavy atom. The summed E-state index contributed by atoms with van der Waals surface area (Å²) in [4.78, 5) is 30.3. The van der Waals surface area contributed by atoms with E-state index in [9.17, 15) is 9.59 Å². The van der Waals surface area contributed by atoms with Crippen LogP contribution in [0.3, 0.4) is 0 Å². The molecule has 9 nitrogen and oxygen atoms in total. The Morgan fingerprint density at radius 3 is 2.80 bits per heavy atom. The summed E-state index contributed by atoms with van der Waals surface area (Å²) < 4.78 is 12.4. The van der Waals surface area contributed by atoms with Crippen LogP contribution in [0.2, 0.25) is 0 Å². The second kappa shape index (κ2) is 8.13. The summed E-state index contributed by atoms with van der Waals surface area (Å²) in [6.07, 6.45) is 2.04. The van der Waals surface area contributed by atoms with Crippen LogP contribution in [-0.4, -0.2) is 46.4 Å². The number of fused-ring (bicyclic) bond motifs is 1. The van der Waals surface area contributed by atoms with E-state index in [-0.39, 0.29) is 30.1 Å². The third kappa shape index (κ3) is 4.58. The molecule has 0 bridgehead atoms. The van der Waals surface area contributed by atoms with E-state index in [1.807, 2.05) is 18.4 Å². The molecule has 2 aromatic heterocycles. The molecule has 0 aliphatic rings.